The van der Waals surface area contributed by atoms with Crippen LogP contribution in [0.4, 0.5) is 5.69 Å². The van der Waals surface area contributed by atoms with Crippen molar-refractivity contribution in [2.75, 3.05) is 118 Å². The van der Waals surface area contributed by atoms with E-state index in [2.05, 4.69) is 29.8 Å². The largest absolute Gasteiger partial charge is 0.496 e. The van der Waals surface area contributed by atoms with Crippen LogP contribution in [0.25, 0.3) is 16.9 Å². The monoisotopic (exact) mass is 975 g/mol. The quantitative estimate of drug-likeness (QED) is 0.0705. The van der Waals surface area contributed by atoms with Gasteiger partial charge in [0, 0.05) is 58.0 Å². The highest BCUT2D eigenvalue weighted by Gasteiger charge is 2.62. The molecule has 0 radical (unpaired) electrons. The number of aromatic nitrogens is 2. The van der Waals surface area contributed by atoms with Crippen molar-refractivity contribution >= 4 is 35.4 Å². The smallest absolute Gasteiger partial charge is 0.330 e. The van der Waals surface area contributed by atoms with E-state index >= 15 is 0 Å². The van der Waals surface area contributed by atoms with Gasteiger partial charge >= 0.3 is 17.9 Å². The summed E-state index contributed by atoms with van der Waals surface area (Å²) in [7, 11) is 3.14. The van der Waals surface area contributed by atoms with Crippen LogP contribution in [0.2, 0.25) is 0 Å². The van der Waals surface area contributed by atoms with Crippen molar-refractivity contribution < 1.29 is 58.2 Å². The lowest BCUT2D eigenvalue weighted by atomic mass is 9.48. The highest BCUT2D eigenvalue weighted by atomic mass is 16.5. The number of benzene rings is 2. The Morgan fingerprint density at radius 3 is 1.77 bits per heavy atom. The van der Waals surface area contributed by atoms with Gasteiger partial charge in [0.2, 0.25) is 5.91 Å². The molecule has 2 heterocycles. The Morgan fingerprint density at radius 1 is 0.714 bits per heavy atom. The summed E-state index contributed by atoms with van der Waals surface area (Å²) in [6.45, 7) is 8.82. The minimum atomic E-state index is -1.34. The summed E-state index contributed by atoms with van der Waals surface area (Å²) in [4.78, 5) is 68.4. The molecule has 6 N–H and O–H groups in total. The highest BCUT2D eigenvalue weighted by Crippen LogP contribution is 2.58. The zero-order chi connectivity index (χ0) is 50.0. The second-order valence-corrected chi connectivity index (χ2v) is 19.3. The Hall–Kier alpha value is -5.80. The van der Waals surface area contributed by atoms with E-state index in [4.69, 9.17) is 24.0 Å². The lowest BCUT2D eigenvalue weighted by Gasteiger charge is -2.59. The van der Waals surface area contributed by atoms with Gasteiger partial charge in [-0.3, -0.25) is 33.9 Å². The first kappa shape index (κ1) is 52.0. The lowest BCUT2D eigenvalue weighted by molar-refractivity contribution is -0.163. The van der Waals surface area contributed by atoms with Gasteiger partial charge in [-0.1, -0.05) is 19.9 Å². The van der Waals surface area contributed by atoms with Crippen molar-refractivity contribution in [2.45, 2.75) is 57.4 Å². The van der Waals surface area contributed by atoms with E-state index in [9.17, 15) is 39.3 Å². The number of nitrogens with zero attached hydrogens (tertiary/aromatic N) is 5. The predicted octanol–water partition coefficient (Wildman–Crippen LogP) is 3.34. The molecule has 20 nitrogen and oxygen atoms in total. The predicted molar refractivity (Wildman–Crippen MR) is 259 cm³/mol. The normalized spacial score (nSPS) is 22.8. The summed E-state index contributed by atoms with van der Waals surface area (Å²) in [5.74, 6) is -1.76. The molecular weight excluding hydrogens is 905 g/mol. The molecule has 4 aliphatic carbocycles. The van der Waals surface area contributed by atoms with Crippen molar-refractivity contribution in [1.82, 2.24) is 35.1 Å². The molecule has 0 spiro atoms. The molecule has 2 aromatic carbocycles. The average Bonchev–Trinajstić information content (AvgIpc) is 3.79. The number of nitrogens with one attached hydrogen (secondary N) is 3. The molecule has 1 aromatic heterocycles. The van der Waals surface area contributed by atoms with Gasteiger partial charge in [0.15, 0.2) is 5.69 Å². The van der Waals surface area contributed by atoms with Crippen LogP contribution in [0.1, 0.15) is 67.9 Å². The van der Waals surface area contributed by atoms with Crippen molar-refractivity contribution in [3.8, 4) is 28.4 Å². The fourth-order valence-corrected chi connectivity index (χ4v) is 11.2. The van der Waals surface area contributed by atoms with Gasteiger partial charge < -0.3 is 50.2 Å². The van der Waals surface area contributed by atoms with Gasteiger partial charge in [0.1, 0.15) is 17.0 Å². The lowest BCUT2D eigenvalue weighted by Crippen LogP contribution is -2.70. The van der Waals surface area contributed by atoms with Crippen molar-refractivity contribution in [2.24, 2.45) is 23.7 Å². The summed E-state index contributed by atoms with van der Waals surface area (Å²) in [6.07, 6.45) is 4.38. The molecule has 20 heteroatoms. The Balaban J connectivity index is 0.922. The molecule has 5 fully saturated rings. The first-order chi connectivity index (χ1) is 33.7. The van der Waals surface area contributed by atoms with Crippen LogP contribution in [0.15, 0.2) is 42.5 Å². The van der Waals surface area contributed by atoms with Gasteiger partial charge in [0.05, 0.1) is 77.2 Å². The van der Waals surface area contributed by atoms with Crippen LogP contribution >= 0.6 is 0 Å². The molecule has 2 amide bonds. The number of hydrogen-bond acceptors (Lipinski definition) is 14. The number of carboxylic acid groups (broad SMARTS) is 3. The topological polar surface area (TPSA) is 247 Å². The van der Waals surface area contributed by atoms with Crippen LogP contribution in [0, 0.1) is 23.7 Å². The molecule has 4 saturated carbocycles. The fraction of sp³-hybridized carbons (Fsp3) is 0.600. The Morgan fingerprint density at radius 2 is 1.26 bits per heavy atom. The molecule has 8 rings (SSSR count). The molecule has 4 bridgehead atoms. The van der Waals surface area contributed by atoms with E-state index in [0.717, 1.165) is 49.0 Å². The van der Waals surface area contributed by atoms with Crippen molar-refractivity contribution in [3.05, 3.63) is 53.7 Å². The molecule has 0 unspecified atom stereocenters. The molecule has 382 valence electrons. The summed E-state index contributed by atoms with van der Waals surface area (Å²) >= 11 is 0. The Kier molecular flexibility index (Phi) is 17.7. The second kappa shape index (κ2) is 23.9. The molecule has 70 heavy (non-hydrogen) atoms. The maximum absolute atomic E-state index is 14.4. The molecular formula is C50H70N8O12. The third-order valence-electron chi connectivity index (χ3n) is 14.4. The number of aliphatic carboxylic acids is 3. The van der Waals surface area contributed by atoms with Crippen LogP contribution < -0.4 is 25.4 Å². The number of carboxylic acids is 3. The average molecular weight is 975 g/mol. The van der Waals surface area contributed by atoms with Crippen molar-refractivity contribution in [3.63, 3.8) is 0 Å². The number of amides is 2. The summed E-state index contributed by atoms with van der Waals surface area (Å²) in [6, 6.07) is 13.1. The van der Waals surface area contributed by atoms with E-state index in [1.807, 2.05) is 41.3 Å². The minimum Gasteiger partial charge on any atom is -0.496 e. The van der Waals surface area contributed by atoms with E-state index < -0.39 is 29.4 Å². The third kappa shape index (κ3) is 12.6. The Bertz CT molecular complexity index is 2240. The standard InChI is InChI=1S/C50H70N8O12/c1-32(2)38-27-37(51-10-18-69-20-21-70-19-11-52-44(59)29-55-12-14-56(30-45(60)61)16-17-57(15-13-55)31-46(62)63)8-9-40(38)58-41(47-42(67-3)6-5-7-43(47)68-4)28-39(54-58)48(64)53-50(49(65)66)35-23-33-22-34(25-35)26-36(50)24-33/h5-9,27-28,32-36,51H,10-26,29-31H2,1-4H3,(H,52,59)(H,53,64)(H,60,61)(H,62,63)(H,65,66). The van der Waals surface area contributed by atoms with E-state index in [1.54, 1.807) is 34.8 Å². The van der Waals surface area contributed by atoms with Gasteiger partial charge in [0.25, 0.3) is 5.91 Å². The van der Waals surface area contributed by atoms with Gasteiger partial charge in [-0.05, 0) is 104 Å². The number of methoxy groups -OCH3 is 2. The zero-order valence-corrected chi connectivity index (χ0v) is 40.8. The van der Waals surface area contributed by atoms with E-state index in [-0.39, 0.29) is 55.6 Å². The number of carbonyl (C=O) groups is 5. The van der Waals surface area contributed by atoms with Crippen LogP contribution in [-0.4, -0.2) is 188 Å². The summed E-state index contributed by atoms with van der Waals surface area (Å²) in [5, 5.41) is 43.7. The maximum atomic E-state index is 14.4. The second-order valence-electron chi connectivity index (χ2n) is 19.3. The molecule has 3 aromatic rings. The minimum absolute atomic E-state index is 0.0310. The molecule has 5 aliphatic rings. The summed E-state index contributed by atoms with van der Waals surface area (Å²) < 4.78 is 24.9. The maximum Gasteiger partial charge on any atom is 0.330 e. The highest BCUT2D eigenvalue weighted by molar-refractivity contribution is 5.98. The van der Waals surface area contributed by atoms with Crippen LogP contribution in [0.5, 0.6) is 11.5 Å². The molecule has 1 saturated heterocycles. The van der Waals surface area contributed by atoms with E-state index in [1.165, 1.54) is 0 Å². The summed E-state index contributed by atoms with van der Waals surface area (Å²) in [5.41, 5.74) is 2.44. The van der Waals surface area contributed by atoms with Gasteiger partial charge in [-0.25, -0.2) is 9.48 Å². The first-order valence-electron chi connectivity index (χ1n) is 24.5. The van der Waals surface area contributed by atoms with Crippen molar-refractivity contribution in [1.29, 1.82) is 0 Å². The zero-order valence-electron chi connectivity index (χ0n) is 40.8. The number of ether oxygens (including phenoxy) is 4. The number of hydrogen-bond donors (Lipinski definition) is 6. The number of rotatable bonds is 24. The van der Waals surface area contributed by atoms with Crippen LogP contribution in [0.3, 0.4) is 0 Å². The van der Waals surface area contributed by atoms with Gasteiger partial charge in [-0.15, -0.1) is 0 Å². The number of anilines is 1. The van der Waals surface area contributed by atoms with Crippen LogP contribution in [-0.2, 0) is 28.7 Å². The SMILES string of the molecule is COc1cccc(OC)c1-c1cc(C(=O)NC2(C(=O)O)C3CC4CC(C3)CC2C4)nn1-c1ccc(NCCOCCOCCNC(=O)CN2CCN(CC(=O)O)CCN(CC(=O)O)CC2)cc1C(C)C. The third-order valence-corrected chi connectivity index (χ3v) is 14.4. The fourth-order valence-electron chi connectivity index (χ4n) is 11.2. The Labute approximate surface area is 408 Å². The first-order valence-corrected chi connectivity index (χ1v) is 24.5. The molecule has 1 aliphatic heterocycles. The van der Waals surface area contributed by atoms with Gasteiger partial charge in [-0.2, -0.15) is 5.10 Å². The number of carbonyl (C=O) groups excluding carboxylic acids is 2. The van der Waals surface area contributed by atoms with E-state index in [0.29, 0.717) is 107 Å². The molecule has 0 atom stereocenters.